The van der Waals surface area contributed by atoms with Crippen LogP contribution in [-0.4, -0.2) is 7.38 Å². The predicted octanol–water partition coefficient (Wildman–Crippen LogP) is -0.891. The summed E-state index contributed by atoms with van der Waals surface area (Å²) in [6.07, 6.45) is 0. The van der Waals surface area contributed by atoms with E-state index in [0.29, 0.717) is 0 Å². The second kappa shape index (κ2) is 8.89. The molecule has 0 aliphatic carbocycles. The van der Waals surface area contributed by atoms with Gasteiger partial charge in [0.05, 0.1) is 0 Å². The summed E-state index contributed by atoms with van der Waals surface area (Å²) in [4.78, 5) is 0. The smallest absolute Gasteiger partial charge is 0 e. The van der Waals surface area contributed by atoms with Gasteiger partial charge in [-0.2, -0.15) is 0 Å². The van der Waals surface area contributed by atoms with Crippen molar-refractivity contribution < 1.29 is 42.1 Å². The maximum atomic E-state index is 9.15. The molecule has 0 amide bonds. The molecule has 0 rings (SSSR count). The van der Waals surface area contributed by atoms with Crippen molar-refractivity contribution in [2.24, 2.45) is 0 Å². The minimum absolute atomic E-state index is 0. The first-order valence-electron chi connectivity index (χ1n) is 0.638. The number of hydrogen-bond acceptors (Lipinski definition) is 2. The summed E-state index contributed by atoms with van der Waals surface area (Å²) in [6, 6.07) is 0. The van der Waals surface area contributed by atoms with Gasteiger partial charge in [-0.15, -0.1) is 0 Å². The first-order valence-corrected chi connectivity index (χ1v) is 5.88. The minimum atomic E-state index is -1.24. The van der Waals surface area contributed by atoms with Crippen LogP contribution in [0.25, 0.3) is 0 Å². The zero-order chi connectivity index (χ0) is 3.41. The van der Waals surface area contributed by atoms with Crippen LogP contribution in [0, 0.1) is 0 Å². The molecule has 33 valence electrons. The standard InChI is InChI=1S/Mo.Ni.HOSi.O/c;;1-2;/h;;2H;. The van der Waals surface area contributed by atoms with Crippen molar-refractivity contribution in [1.82, 2.24) is 0 Å². The van der Waals surface area contributed by atoms with Crippen molar-refractivity contribution in [3.05, 3.63) is 0 Å². The molecule has 0 N–H and O–H groups in total. The molecular weight excluding hydrogens is 215 g/mol. The summed E-state index contributed by atoms with van der Waals surface area (Å²) < 4.78 is 18.3. The molecule has 0 radical (unpaired) electrons. The Labute approximate surface area is 49.6 Å². The molecule has 5 heavy (non-hydrogen) atoms. The minimum Gasteiger partial charge on any atom is 0 e. The number of hydrogen-bond donors (Lipinski definition) is 0. The molecule has 0 heterocycles. The summed E-state index contributed by atoms with van der Waals surface area (Å²) in [5.41, 5.74) is 0. The van der Waals surface area contributed by atoms with Crippen LogP contribution in [0.3, 0.4) is 0 Å². The molecule has 0 aliphatic rings. The molecule has 0 aliphatic heterocycles. The van der Waals surface area contributed by atoms with Gasteiger partial charge in [-0.3, -0.25) is 0 Å². The third-order valence-corrected chi connectivity index (χ3v) is 0.697. The van der Waals surface area contributed by atoms with Gasteiger partial charge in [-0.1, -0.05) is 0 Å². The summed E-state index contributed by atoms with van der Waals surface area (Å²) in [7, 11) is -0.893. The van der Waals surface area contributed by atoms with Gasteiger partial charge in [-0.25, -0.2) is 0 Å². The van der Waals surface area contributed by atoms with Crippen molar-refractivity contribution in [3.63, 3.8) is 0 Å². The number of rotatable bonds is 1. The molecular formula is HMoNiO2Si. The van der Waals surface area contributed by atoms with Crippen LogP contribution >= 0.6 is 0 Å². The normalized spacial score (nSPS) is 4.00. The maximum absolute atomic E-state index is 9.15. The molecule has 0 saturated carbocycles. The average Bonchev–Trinajstić information content (AvgIpc) is 1.37. The Morgan fingerprint density at radius 2 is 1.80 bits per heavy atom. The van der Waals surface area contributed by atoms with Crippen molar-refractivity contribution in [3.8, 4) is 0 Å². The molecule has 2 nitrogen and oxygen atoms in total. The van der Waals surface area contributed by atoms with E-state index in [0.717, 1.165) is 0 Å². The van der Waals surface area contributed by atoms with Crippen LogP contribution in [-0.2, 0) is 42.1 Å². The molecule has 0 unspecified atom stereocenters. The maximum Gasteiger partial charge on any atom is 0 e. The first-order chi connectivity index (χ1) is 1.91. The van der Waals surface area contributed by atoms with Gasteiger partial charge < -0.3 is 0 Å². The predicted molar refractivity (Wildman–Crippen MR) is 8.52 cm³/mol. The monoisotopic (exact) mass is 217 g/mol. The van der Waals surface area contributed by atoms with Crippen LogP contribution in [0.15, 0.2) is 0 Å². The fraction of sp³-hybridized carbons (Fsp3) is 0. The van der Waals surface area contributed by atoms with Crippen molar-refractivity contribution >= 4 is 7.38 Å². The molecule has 0 saturated heterocycles. The Hall–Kier alpha value is 0.999. The fourth-order valence-electron chi connectivity index (χ4n) is 0. The summed E-state index contributed by atoms with van der Waals surface area (Å²) >= 11 is -1.24. The van der Waals surface area contributed by atoms with Gasteiger partial charge in [0.2, 0.25) is 0 Å². The summed E-state index contributed by atoms with van der Waals surface area (Å²) in [5, 5.41) is 0. The van der Waals surface area contributed by atoms with E-state index in [1.54, 1.807) is 0 Å². The Balaban J connectivity index is 0. The third kappa shape index (κ3) is 11.3. The Morgan fingerprint density at radius 1 is 1.60 bits per heavy atom. The Kier molecular flexibility index (Phi) is 16.7. The van der Waals surface area contributed by atoms with Crippen LogP contribution < -0.4 is 0 Å². The van der Waals surface area contributed by atoms with E-state index in [4.69, 9.17) is 7.86 Å². The zero-order valence-corrected chi connectivity index (χ0v) is 6.27. The fourth-order valence-corrected chi connectivity index (χ4v) is 0. The molecule has 0 spiro atoms. The molecule has 0 aromatic heterocycles. The molecule has 0 fully saturated rings. The van der Waals surface area contributed by atoms with Crippen LogP contribution in [0.5, 0.6) is 0 Å². The Morgan fingerprint density at radius 3 is 1.80 bits per heavy atom. The van der Waals surface area contributed by atoms with Crippen molar-refractivity contribution in [1.29, 1.82) is 0 Å². The van der Waals surface area contributed by atoms with Gasteiger partial charge in [-0.05, 0) is 0 Å². The van der Waals surface area contributed by atoms with Crippen molar-refractivity contribution in [2.45, 2.75) is 0 Å². The van der Waals surface area contributed by atoms with E-state index < -0.39 is 25.2 Å². The average molecular weight is 216 g/mol. The first kappa shape index (κ1) is 9.37. The third-order valence-electron chi connectivity index (χ3n) is 0.0393. The molecule has 0 aromatic rings. The van der Waals surface area contributed by atoms with E-state index in [1.165, 1.54) is 0 Å². The SMILES string of the molecule is O=[SiH][Mo]=[O].[Ni]. The van der Waals surface area contributed by atoms with E-state index in [-0.39, 0.29) is 16.5 Å². The van der Waals surface area contributed by atoms with Gasteiger partial charge in [0.1, 0.15) is 0 Å². The van der Waals surface area contributed by atoms with Gasteiger partial charge >= 0.3 is 33.0 Å². The van der Waals surface area contributed by atoms with E-state index in [1.807, 2.05) is 0 Å². The second-order valence-corrected chi connectivity index (χ2v) is 3.42. The molecule has 0 atom stereocenters. The van der Waals surface area contributed by atoms with Crippen LogP contribution in [0.4, 0.5) is 0 Å². The Bertz CT molecular complexity index is 30.6. The van der Waals surface area contributed by atoms with Gasteiger partial charge in [0, 0.05) is 16.5 Å². The largest absolute Gasteiger partial charge is 0 e. The van der Waals surface area contributed by atoms with Crippen molar-refractivity contribution in [2.75, 3.05) is 0 Å². The molecule has 5 heteroatoms. The topological polar surface area (TPSA) is 34.1 Å². The van der Waals surface area contributed by atoms with Crippen LogP contribution in [0.1, 0.15) is 0 Å². The zero-order valence-electron chi connectivity index (χ0n) is 2.12. The van der Waals surface area contributed by atoms with Gasteiger partial charge in [0.25, 0.3) is 0 Å². The summed E-state index contributed by atoms with van der Waals surface area (Å²) in [5.74, 6) is 0. The summed E-state index contributed by atoms with van der Waals surface area (Å²) in [6.45, 7) is 0. The molecule has 0 bridgehead atoms. The van der Waals surface area contributed by atoms with E-state index >= 15 is 0 Å². The molecule has 0 aromatic carbocycles. The van der Waals surface area contributed by atoms with E-state index in [9.17, 15) is 0 Å². The van der Waals surface area contributed by atoms with Gasteiger partial charge in [0.15, 0.2) is 0 Å². The second-order valence-electron chi connectivity index (χ2n) is 0.192. The van der Waals surface area contributed by atoms with Crippen LogP contribution in [0.2, 0.25) is 0 Å². The van der Waals surface area contributed by atoms with E-state index in [2.05, 4.69) is 0 Å². The quantitative estimate of drug-likeness (QED) is 0.532.